The molecule has 3 aromatic carbocycles. The van der Waals surface area contributed by atoms with Crippen LogP contribution in [0.15, 0.2) is 85.5 Å². The van der Waals surface area contributed by atoms with E-state index < -0.39 is 0 Å². The molecule has 0 radical (unpaired) electrons. The predicted molar refractivity (Wildman–Crippen MR) is 132 cm³/mol. The fourth-order valence-electron chi connectivity index (χ4n) is 3.83. The van der Waals surface area contributed by atoms with Gasteiger partial charge in [0.05, 0.1) is 24.8 Å². The van der Waals surface area contributed by atoms with Crippen LogP contribution in [0.4, 0.5) is 0 Å². The molecule has 1 aromatic heterocycles. The van der Waals surface area contributed by atoms with Crippen molar-refractivity contribution in [2.24, 2.45) is 0 Å². The van der Waals surface area contributed by atoms with E-state index in [1.807, 2.05) is 66.7 Å². The van der Waals surface area contributed by atoms with Crippen LogP contribution in [0.1, 0.15) is 24.2 Å². The molecule has 0 saturated heterocycles. The van der Waals surface area contributed by atoms with Gasteiger partial charge < -0.3 is 18.8 Å². The highest BCUT2D eigenvalue weighted by Crippen LogP contribution is 2.28. The van der Waals surface area contributed by atoms with E-state index in [2.05, 4.69) is 23.3 Å². The summed E-state index contributed by atoms with van der Waals surface area (Å²) in [5.41, 5.74) is 3.28. The number of fused-ring (bicyclic) bond motifs is 1. The van der Waals surface area contributed by atoms with E-state index in [1.165, 1.54) is 0 Å². The van der Waals surface area contributed by atoms with Crippen molar-refractivity contribution < 1.29 is 14.2 Å². The second kappa shape index (κ2) is 11.2. The molecule has 0 aliphatic heterocycles. The van der Waals surface area contributed by atoms with Crippen LogP contribution in [-0.2, 0) is 19.6 Å². The highest BCUT2D eigenvalue weighted by Gasteiger charge is 2.11. The molecule has 0 unspecified atom stereocenters. The summed E-state index contributed by atoms with van der Waals surface area (Å²) in [7, 11) is 1.67. The second-order valence-corrected chi connectivity index (χ2v) is 7.80. The highest BCUT2D eigenvalue weighted by atomic mass is 16.5. The first-order valence-electron chi connectivity index (χ1n) is 11.3. The van der Waals surface area contributed by atoms with Gasteiger partial charge in [-0.1, -0.05) is 42.5 Å². The van der Waals surface area contributed by atoms with Gasteiger partial charge >= 0.3 is 0 Å². The number of ether oxygens (including phenoxy) is 3. The number of hydrogen-bond acceptors (Lipinski definition) is 4. The first kappa shape index (κ1) is 22.5. The molecule has 1 heterocycles. The summed E-state index contributed by atoms with van der Waals surface area (Å²) >= 11 is 0. The van der Waals surface area contributed by atoms with Gasteiger partial charge in [-0.25, -0.2) is 4.98 Å². The number of nitrogens with zero attached hydrogens (tertiary/aromatic N) is 2. The Kier molecular flexibility index (Phi) is 7.64. The molecular formula is C28H30N2O3. The van der Waals surface area contributed by atoms with Crippen LogP contribution in [0.5, 0.6) is 17.2 Å². The molecule has 0 fully saturated rings. The highest BCUT2D eigenvalue weighted by molar-refractivity contribution is 5.75. The van der Waals surface area contributed by atoms with Crippen LogP contribution in [0.3, 0.4) is 0 Å². The van der Waals surface area contributed by atoms with Gasteiger partial charge in [0, 0.05) is 6.54 Å². The molecule has 170 valence electrons. The third-order valence-electron chi connectivity index (χ3n) is 5.49. The van der Waals surface area contributed by atoms with Crippen molar-refractivity contribution in [2.45, 2.75) is 32.4 Å². The molecule has 4 aromatic rings. The van der Waals surface area contributed by atoms with E-state index in [4.69, 9.17) is 19.2 Å². The summed E-state index contributed by atoms with van der Waals surface area (Å²) in [6.45, 7) is 5.70. The zero-order valence-electron chi connectivity index (χ0n) is 19.1. The first-order valence-corrected chi connectivity index (χ1v) is 11.3. The average molecular weight is 443 g/mol. The van der Waals surface area contributed by atoms with Gasteiger partial charge in [0.25, 0.3) is 0 Å². The van der Waals surface area contributed by atoms with Gasteiger partial charge in [-0.3, -0.25) is 0 Å². The number of aromatic nitrogens is 2. The standard InChI is InChI=1S/C28H30N2O3/c1-3-11-22-16-17-26(27(20-22)31-2)32-19-10-9-18-30-25-15-8-7-14-24(25)29-28(30)21-33-23-12-5-4-6-13-23/h3-8,12-17,20H,1,9-11,18-19,21H2,2H3. The van der Waals surface area contributed by atoms with Crippen molar-refractivity contribution in [2.75, 3.05) is 13.7 Å². The number of unbranched alkanes of at least 4 members (excludes halogenated alkanes) is 1. The molecule has 0 saturated carbocycles. The summed E-state index contributed by atoms with van der Waals surface area (Å²) in [6, 6.07) is 24.1. The van der Waals surface area contributed by atoms with Gasteiger partial charge in [0.2, 0.25) is 0 Å². The van der Waals surface area contributed by atoms with Crippen molar-refractivity contribution >= 4 is 11.0 Å². The van der Waals surface area contributed by atoms with Crippen molar-refractivity contribution in [3.8, 4) is 17.2 Å². The zero-order chi connectivity index (χ0) is 22.9. The van der Waals surface area contributed by atoms with Crippen LogP contribution in [0.2, 0.25) is 0 Å². The molecule has 4 rings (SSSR count). The predicted octanol–water partition coefficient (Wildman–Crippen LogP) is 6.21. The quantitative estimate of drug-likeness (QED) is 0.193. The van der Waals surface area contributed by atoms with Gasteiger partial charge in [0.1, 0.15) is 18.2 Å². The zero-order valence-corrected chi connectivity index (χ0v) is 19.1. The smallest absolute Gasteiger partial charge is 0.161 e. The van der Waals surface area contributed by atoms with Crippen molar-refractivity contribution in [1.29, 1.82) is 0 Å². The number of rotatable bonds is 12. The molecule has 0 amide bonds. The molecule has 5 nitrogen and oxygen atoms in total. The SMILES string of the molecule is C=CCc1ccc(OCCCCn2c(COc3ccccc3)nc3ccccc32)c(OC)c1. The lowest BCUT2D eigenvalue weighted by Crippen LogP contribution is -2.09. The molecule has 0 aliphatic carbocycles. The van der Waals surface area contributed by atoms with Gasteiger partial charge in [-0.2, -0.15) is 0 Å². The molecule has 0 spiro atoms. The van der Waals surface area contributed by atoms with Gasteiger partial charge in [-0.05, 0) is 61.2 Å². The molecule has 33 heavy (non-hydrogen) atoms. The van der Waals surface area contributed by atoms with Crippen LogP contribution in [0.25, 0.3) is 11.0 Å². The number of imidazole rings is 1. The van der Waals surface area contributed by atoms with E-state index in [-0.39, 0.29) is 0 Å². The van der Waals surface area contributed by atoms with Crippen molar-refractivity contribution in [3.05, 3.63) is 96.8 Å². The monoisotopic (exact) mass is 442 g/mol. The molecule has 0 bridgehead atoms. The lowest BCUT2D eigenvalue weighted by atomic mass is 10.1. The van der Waals surface area contributed by atoms with E-state index in [0.29, 0.717) is 13.2 Å². The summed E-state index contributed by atoms with van der Waals surface area (Å²) in [4.78, 5) is 4.80. The minimum absolute atomic E-state index is 0.434. The van der Waals surface area contributed by atoms with Crippen molar-refractivity contribution in [3.63, 3.8) is 0 Å². The Balaban J connectivity index is 1.35. The molecule has 0 aliphatic rings. The summed E-state index contributed by atoms with van der Waals surface area (Å²) in [5.74, 6) is 3.31. The van der Waals surface area contributed by atoms with E-state index in [1.54, 1.807) is 7.11 Å². The fourth-order valence-corrected chi connectivity index (χ4v) is 3.83. The minimum atomic E-state index is 0.434. The van der Waals surface area contributed by atoms with Gasteiger partial charge in [0.15, 0.2) is 11.5 Å². The Morgan fingerprint density at radius 1 is 0.909 bits per heavy atom. The number of aryl methyl sites for hydroxylation is 1. The van der Waals surface area contributed by atoms with Crippen molar-refractivity contribution in [1.82, 2.24) is 9.55 Å². The van der Waals surface area contributed by atoms with Gasteiger partial charge in [-0.15, -0.1) is 6.58 Å². The van der Waals surface area contributed by atoms with E-state index in [9.17, 15) is 0 Å². The lowest BCUT2D eigenvalue weighted by Gasteiger charge is -2.13. The lowest BCUT2D eigenvalue weighted by molar-refractivity contribution is 0.278. The minimum Gasteiger partial charge on any atom is -0.493 e. The summed E-state index contributed by atoms with van der Waals surface area (Å²) in [5, 5.41) is 0. The third-order valence-corrected chi connectivity index (χ3v) is 5.49. The third kappa shape index (κ3) is 5.75. The fraction of sp³-hybridized carbons (Fsp3) is 0.250. The Hall–Kier alpha value is -3.73. The van der Waals surface area contributed by atoms with Crippen LogP contribution < -0.4 is 14.2 Å². The number of benzene rings is 3. The maximum absolute atomic E-state index is 6.00. The summed E-state index contributed by atoms with van der Waals surface area (Å²) < 4.78 is 19.7. The number of para-hydroxylation sites is 3. The molecular weight excluding hydrogens is 412 g/mol. The average Bonchev–Trinajstić information content (AvgIpc) is 3.21. The Labute approximate surface area is 195 Å². The van der Waals surface area contributed by atoms with Crippen LogP contribution >= 0.6 is 0 Å². The molecule has 0 atom stereocenters. The number of methoxy groups -OCH3 is 1. The number of allylic oxidation sites excluding steroid dienone is 1. The van der Waals surface area contributed by atoms with Crippen LogP contribution in [0, 0.1) is 0 Å². The first-order chi connectivity index (χ1) is 16.3. The maximum Gasteiger partial charge on any atom is 0.161 e. The Morgan fingerprint density at radius 2 is 1.73 bits per heavy atom. The van der Waals surface area contributed by atoms with E-state index >= 15 is 0 Å². The maximum atomic E-state index is 6.00. The topological polar surface area (TPSA) is 45.5 Å². The molecule has 5 heteroatoms. The van der Waals surface area contributed by atoms with Crippen LogP contribution in [-0.4, -0.2) is 23.3 Å². The normalized spacial score (nSPS) is 10.8. The molecule has 0 N–H and O–H groups in total. The summed E-state index contributed by atoms with van der Waals surface area (Å²) in [6.07, 6.45) is 4.58. The number of hydrogen-bond donors (Lipinski definition) is 0. The largest absolute Gasteiger partial charge is 0.493 e. The second-order valence-electron chi connectivity index (χ2n) is 7.80. The Bertz CT molecular complexity index is 1180. The van der Waals surface area contributed by atoms with E-state index in [0.717, 1.165) is 65.5 Å². The Morgan fingerprint density at radius 3 is 2.55 bits per heavy atom.